The summed E-state index contributed by atoms with van der Waals surface area (Å²) in [5.41, 5.74) is 1.80. The molecule has 0 saturated heterocycles. The van der Waals surface area contributed by atoms with Crippen LogP contribution in [0.1, 0.15) is 26.3 Å². The van der Waals surface area contributed by atoms with Crippen molar-refractivity contribution in [2.75, 3.05) is 13.7 Å². The molecule has 172 valence electrons. The molecule has 0 spiro atoms. The van der Waals surface area contributed by atoms with Crippen LogP contribution in [0.2, 0.25) is 0 Å². The zero-order chi connectivity index (χ0) is 24.6. The molecule has 0 unspecified atom stereocenters. The van der Waals surface area contributed by atoms with Crippen LogP contribution in [0, 0.1) is 0 Å². The number of hydrogen-bond acceptors (Lipinski definition) is 6. The Morgan fingerprint density at radius 3 is 1.55 bits per heavy atom. The summed E-state index contributed by atoms with van der Waals surface area (Å²) >= 11 is 0. The Labute approximate surface area is 180 Å². The Balaban J connectivity index is 0. The third-order valence-corrected chi connectivity index (χ3v) is 2.81. The molecule has 0 heterocycles. The minimum absolute atomic E-state index is 0.0470. The standard InChI is InChI=1S/C11H12O2.C6H7F3O2.C5H8O2/c1-9(2)11(12)13-8-10-6-4-3-5-7-10;1-4(2)5(10)11-3-6(7,8)9;1-4(2)5(6)7-3/h3-7H,1,8H2,2H3;1,3H2,2H3;1H2,2-3H3. The first-order valence-corrected chi connectivity index (χ1v) is 8.71. The number of benzene rings is 1. The number of halogens is 3. The maximum absolute atomic E-state index is 11.4. The number of rotatable bonds is 6. The van der Waals surface area contributed by atoms with Gasteiger partial charge in [-0.25, -0.2) is 14.4 Å². The minimum Gasteiger partial charge on any atom is -0.466 e. The van der Waals surface area contributed by atoms with E-state index in [9.17, 15) is 27.6 Å². The van der Waals surface area contributed by atoms with Crippen molar-refractivity contribution in [2.45, 2.75) is 33.6 Å². The van der Waals surface area contributed by atoms with E-state index in [4.69, 9.17) is 4.74 Å². The Bertz CT molecular complexity index is 767. The molecule has 0 bridgehead atoms. The topological polar surface area (TPSA) is 78.9 Å². The van der Waals surface area contributed by atoms with Gasteiger partial charge in [0.2, 0.25) is 0 Å². The van der Waals surface area contributed by atoms with E-state index in [1.807, 2.05) is 30.3 Å². The molecule has 0 aliphatic heterocycles. The van der Waals surface area contributed by atoms with Gasteiger partial charge in [-0.2, -0.15) is 13.2 Å². The van der Waals surface area contributed by atoms with Gasteiger partial charge in [0.05, 0.1) is 7.11 Å². The van der Waals surface area contributed by atoms with Crippen molar-refractivity contribution in [1.82, 2.24) is 0 Å². The fraction of sp³-hybridized carbons (Fsp3) is 0.318. The van der Waals surface area contributed by atoms with Gasteiger partial charge < -0.3 is 14.2 Å². The van der Waals surface area contributed by atoms with Crippen molar-refractivity contribution in [3.8, 4) is 0 Å². The molecule has 0 aromatic heterocycles. The molecule has 0 aliphatic rings. The van der Waals surface area contributed by atoms with Crippen molar-refractivity contribution >= 4 is 17.9 Å². The quantitative estimate of drug-likeness (QED) is 0.359. The SMILES string of the molecule is C=C(C)C(=O)OC.C=C(C)C(=O)OCC(F)(F)F.C=C(C)C(=O)OCc1ccccc1. The first kappa shape index (κ1) is 29.8. The molecule has 0 amide bonds. The second kappa shape index (κ2) is 15.5. The zero-order valence-corrected chi connectivity index (χ0v) is 18.0. The maximum Gasteiger partial charge on any atom is 0.422 e. The summed E-state index contributed by atoms with van der Waals surface area (Å²) in [7, 11) is 1.33. The Morgan fingerprint density at radius 1 is 0.806 bits per heavy atom. The first-order valence-electron chi connectivity index (χ1n) is 8.71. The van der Waals surface area contributed by atoms with Gasteiger partial charge in [-0.1, -0.05) is 50.1 Å². The monoisotopic (exact) mass is 444 g/mol. The molecule has 0 fully saturated rings. The molecule has 31 heavy (non-hydrogen) atoms. The van der Waals surface area contributed by atoms with Gasteiger partial charge in [-0.05, 0) is 26.3 Å². The van der Waals surface area contributed by atoms with E-state index < -0.39 is 18.8 Å². The fourth-order valence-corrected chi connectivity index (χ4v) is 1.29. The summed E-state index contributed by atoms with van der Waals surface area (Å²) in [4.78, 5) is 31.6. The molecule has 6 nitrogen and oxygen atoms in total. The van der Waals surface area contributed by atoms with Crippen LogP contribution in [0.3, 0.4) is 0 Å². The molecule has 0 N–H and O–H groups in total. The van der Waals surface area contributed by atoms with Gasteiger partial charge in [0.25, 0.3) is 0 Å². The highest BCUT2D eigenvalue weighted by Crippen LogP contribution is 2.14. The Hall–Kier alpha value is -3.36. The van der Waals surface area contributed by atoms with Crippen molar-refractivity contribution in [3.63, 3.8) is 0 Å². The summed E-state index contributed by atoms with van der Waals surface area (Å²) in [6.45, 7) is 13.2. The summed E-state index contributed by atoms with van der Waals surface area (Å²) in [5.74, 6) is -1.72. The third kappa shape index (κ3) is 18.4. The van der Waals surface area contributed by atoms with Crippen LogP contribution < -0.4 is 0 Å². The molecule has 0 radical (unpaired) electrons. The van der Waals surface area contributed by atoms with E-state index in [2.05, 4.69) is 29.2 Å². The average molecular weight is 444 g/mol. The second-order valence-electron chi connectivity index (χ2n) is 6.09. The highest BCUT2D eigenvalue weighted by atomic mass is 19.4. The van der Waals surface area contributed by atoms with Crippen LogP contribution in [0.4, 0.5) is 13.2 Å². The van der Waals surface area contributed by atoms with Crippen LogP contribution in [-0.4, -0.2) is 37.8 Å². The van der Waals surface area contributed by atoms with Crippen LogP contribution >= 0.6 is 0 Å². The number of carbonyl (C=O) groups is 3. The number of esters is 3. The van der Waals surface area contributed by atoms with E-state index in [-0.39, 0.29) is 17.5 Å². The van der Waals surface area contributed by atoms with Crippen LogP contribution in [0.25, 0.3) is 0 Å². The number of methoxy groups -OCH3 is 1. The molecule has 9 heteroatoms. The van der Waals surface area contributed by atoms with Crippen molar-refractivity contribution in [3.05, 3.63) is 72.4 Å². The van der Waals surface area contributed by atoms with Gasteiger partial charge in [0.15, 0.2) is 6.61 Å². The maximum atomic E-state index is 11.4. The normalized spacial score (nSPS) is 9.52. The minimum atomic E-state index is -4.47. The van der Waals surface area contributed by atoms with Gasteiger partial charge in [0, 0.05) is 16.7 Å². The zero-order valence-electron chi connectivity index (χ0n) is 18.0. The van der Waals surface area contributed by atoms with Crippen LogP contribution in [-0.2, 0) is 35.2 Å². The van der Waals surface area contributed by atoms with Gasteiger partial charge in [0.1, 0.15) is 6.61 Å². The fourth-order valence-electron chi connectivity index (χ4n) is 1.29. The van der Waals surface area contributed by atoms with E-state index in [0.717, 1.165) is 5.56 Å². The lowest BCUT2D eigenvalue weighted by Crippen LogP contribution is -2.20. The predicted molar refractivity (Wildman–Crippen MR) is 110 cm³/mol. The van der Waals surface area contributed by atoms with Gasteiger partial charge in [-0.15, -0.1) is 0 Å². The largest absolute Gasteiger partial charge is 0.466 e. The first-order chi connectivity index (χ1) is 14.2. The number of ether oxygens (including phenoxy) is 3. The van der Waals surface area contributed by atoms with Gasteiger partial charge in [-0.3, -0.25) is 0 Å². The summed E-state index contributed by atoms with van der Waals surface area (Å²) in [6, 6.07) is 9.55. The van der Waals surface area contributed by atoms with E-state index in [0.29, 0.717) is 17.8 Å². The molecule has 0 aliphatic carbocycles. The lowest BCUT2D eigenvalue weighted by Gasteiger charge is -2.06. The summed E-state index contributed by atoms with van der Waals surface area (Å²) in [6.07, 6.45) is -4.47. The number of carbonyl (C=O) groups excluding carboxylic acids is 3. The molecule has 1 aromatic carbocycles. The molecule has 1 aromatic rings. The molecule has 1 rings (SSSR count). The Kier molecular flexibility index (Phi) is 14.9. The smallest absolute Gasteiger partial charge is 0.422 e. The molecular weight excluding hydrogens is 417 g/mol. The van der Waals surface area contributed by atoms with Crippen LogP contribution in [0.15, 0.2) is 66.8 Å². The van der Waals surface area contributed by atoms with Crippen molar-refractivity contribution in [2.24, 2.45) is 0 Å². The Morgan fingerprint density at radius 2 is 1.23 bits per heavy atom. The highest BCUT2D eigenvalue weighted by molar-refractivity contribution is 5.87. The van der Waals surface area contributed by atoms with Crippen LogP contribution in [0.5, 0.6) is 0 Å². The number of alkyl halides is 3. The summed E-state index contributed by atoms with van der Waals surface area (Å²) < 4.78 is 47.1. The van der Waals surface area contributed by atoms with E-state index in [1.54, 1.807) is 13.8 Å². The summed E-state index contributed by atoms with van der Waals surface area (Å²) in [5, 5.41) is 0. The van der Waals surface area contributed by atoms with Crippen molar-refractivity contribution in [1.29, 1.82) is 0 Å². The second-order valence-corrected chi connectivity index (χ2v) is 6.09. The van der Waals surface area contributed by atoms with Gasteiger partial charge >= 0.3 is 24.1 Å². The molecule has 0 atom stereocenters. The average Bonchev–Trinajstić information content (AvgIpc) is 2.70. The third-order valence-electron chi connectivity index (χ3n) is 2.81. The molecule has 0 saturated carbocycles. The number of hydrogen-bond donors (Lipinski definition) is 0. The highest BCUT2D eigenvalue weighted by Gasteiger charge is 2.29. The van der Waals surface area contributed by atoms with Crippen molar-refractivity contribution < 1.29 is 41.8 Å². The molecular formula is C22H27F3O6. The van der Waals surface area contributed by atoms with E-state index >= 15 is 0 Å². The lowest BCUT2D eigenvalue weighted by atomic mass is 10.2. The predicted octanol–water partition coefficient (Wildman–Crippen LogP) is 4.71. The van der Waals surface area contributed by atoms with E-state index in [1.165, 1.54) is 14.0 Å². The lowest BCUT2D eigenvalue weighted by molar-refractivity contribution is -0.183.